The first-order valence-electron chi connectivity index (χ1n) is 21.1. The Hall–Kier alpha value is -7.96. The first-order valence-corrected chi connectivity index (χ1v) is 21.1. The van der Waals surface area contributed by atoms with Crippen molar-refractivity contribution in [3.63, 3.8) is 0 Å². The topological polar surface area (TPSA) is 259 Å². The van der Waals surface area contributed by atoms with Gasteiger partial charge in [0.1, 0.15) is 30.8 Å². The zero-order chi connectivity index (χ0) is 46.7. The molecule has 8 rings (SSSR count). The molecule has 4 atom stereocenters. The normalized spacial score (nSPS) is 17.8. The van der Waals surface area contributed by atoms with Crippen molar-refractivity contribution in [3.05, 3.63) is 143 Å². The minimum absolute atomic E-state index is 0.100. The fourth-order valence-electron chi connectivity index (χ4n) is 7.86. The zero-order valence-corrected chi connectivity index (χ0v) is 36.0. The van der Waals surface area contributed by atoms with Gasteiger partial charge < -0.3 is 30.7 Å². The average molecular weight is 897 g/mol. The van der Waals surface area contributed by atoms with Gasteiger partial charge in [0.15, 0.2) is 0 Å². The van der Waals surface area contributed by atoms with Crippen molar-refractivity contribution in [3.8, 4) is 11.5 Å². The van der Waals surface area contributed by atoms with Crippen molar-refractivity contribution in [2.24, 2.45) is 11.8 Å². The van der Waals surface area contributed by atoms with Crippen LogP contribution in [0.2, 0.25) is 0 Å². The molecule has 6 amide bonds. The van der Waals surface area contributed by atoms with Crippen molar-refractivity contribution in [2.75, 3.05) is 13.1 Å². The Morgan fingerprint density at radius 3 is 1.65 bits per heavy atom. The summed E-state index contributed by atoms with van der Waals surface area (Å²) in [4.78, 5) is 81.9. The summed E-state index contributed by atoms with van der Waals surface area (Å²) in [6.07, 6.45) is 0.187. The number of benzene rings is 4. The highest BCUT2D eigenvalue weighted by molar-refractivity contribution is 6.00. The highest BCUT2D eigenvalue weighted by Crippen LogP contribution is 2.24. The fraction of sp³-hybridized carbons (Fsp3) is 0.250. The van der Waals surface area contributed by atoms with Crippen molar-refractivity contribution in [1.29, 1.82) is 0 Å². The third-order valence-electron chi connectivity index (χ3n) is 11.2. The van der Waals surface area contributed by atoms with Gasteiger partial charge in [-0.2, -0.15) is 0 Å². The number of para-hydroxylation sites is 2. The molecule has 0 bridgehead atoms. The number of hydrogen-bond donors (Lipinski definition) is 8. The lowest BCUT2D eigenvalue weighted by atomic mass is 9.91. The van der Waals surface area contributed by atoms with Gasteiger partial charge in [-0.1, -0.05) is 36.4 Å². The number of aryl methyl sites for hydroxylation is 2. The Labute approximate surface area is 378 Å². The van der Waals surface area contributed by atoms with Gasteiger partial charge in [0.25, 0.3) is 11.8 Å². The molecule has 18 heteroatoms. The van der Waals surface area contributed by atoms with E-state index in [-0.39, 0.29) is 18.9 Å². The summed E-state index contributed by atoms with van der Waals surface area (Å²) in [6, 6.07) is 31.2. The molecule has 4 heterocycles. The predicted octanol–water partition coefficient (Wildman–Crippen LogP) is 3.72. The number of hydroxylamine groups is 2. The molecule has 0 aliphatic carbocycles. The number of carbonyl (C=O) groups is 6. The second-order valence-electron chi connectivity index (χ2n) is 15.8. The van der Waals surface area contributed by atoms with Crippen LogP contribution in [0.15, 0.2) is 109 Å². The smallest absolute Gasteiger partial charge is 0.251 e. The number of pyridine rings is 2. The van der Waals surface area contributed by atoms with Gasteiger partial charge >= 0.3 is 0 Å². The van der Waals surface area contributed by atoms with Crippen LogP contribution < -0.4 is 41.7 Å². The third kappa shape index (κ3) is 11.2. The summed E-state index contributed by atoms with van der Waals surface area (Å²) in [5, 5.41) is 30.5. The molecule has 4 aromatic carbocycles. The monoisotopic (exact) mass is 896 g/mol. The summed E-state index contributed by atoms with van der Waals surface area (Å²) < 4.78 is 11.8. The van der Waals surface area contributed by atoms with E-state index in [0.717, 1.165) is 44.3 Å². The Balaban J connectivity index is 0.000000196. The molecule has 2 aliphatic heterocycles. The molecule has 2 saturated heterocycles. The van der Waals surface area contributed by atoms with Crippen LogP contribution in [0.4, 0.5) is 0 Å². The molecule has 0 saturated carbocycles. The molecule has 340 valence electrons. The number of piperidine rings is 2. The molecule has 0 radical (unpaired) electrons. The van der Waals surface area contributed by atoms with Crippen molar-refractivity contribution < 1.29 is 48.7 Å². The van der Waals surface area contributed by atoms with Crippen LogP contribution in [0.25, 0.3) is 21.8 Å². The summed E-state index contributed by atoms with van der Waals surface area (Å²) in [5.74, 6) is -3.62. The summed E-state index contributed by atoms with van der Waals surface area (Å²) in [5.41, 5.74) is 9.47. The maximum absolute atomic E-state index is 12.7. The van der Waals surface area contributed by atoms with Gasteiger partial charge in [0.05, 0.1) is 28.9 Å². The average Bonchev–Trinajstić information content (AvgIpc) is 3.33. The zero-order valence-electron chi connectivity index (χ0n) is 36.0. The molecular formula is C48H48N8O10. The minimum atomic E-state index is -1.07. The molecule has 2 aliphatic rings. The van der Waals surface area contributed by atoms with Gasteiger partial charge in [-0.3, -0.25) is 49.1 Å². The molecule has 2 aromatic heterocycles. The third-order valence-corrected chi connectivity index (χ3v) is 11.2. The number of ether oxygens (including phenoxy) is 2. The van der Waals surface area contributed by atoms with E-state index in [1.807, 2.05) is 74.5 Å². The number of hydrogen-bond acceptors (Lipinski definition) is 12. The highest BCUT2D eigenvalue weighted by atomic mass is 16.5. The van der Waals surface area contributed by atoms with E-state index in [4.69, 9.17) is 19.9 Å². The maximum Gasteiger partial charge on any atom is 0.251 e. The van der Waals surface area contributed by atoms with E-state index in [1.165, 1.54) is 0 Å². The Bertz CT molecular complexity index is 2750. The van der Waals surface area contributed by atoms with Gasteiger partial charge in [0, 0.05) is 63.9 Å². The highest BCUT2D eigenvalue weighted by Gasteiger charge is 2.38. The van der Waals surface area contributed by atoms with Crippen molar-refractivity contribution in [2.45, 2.75) is 52.0 Å². The molecule has 1 unspecified atom stereocenters. The van der Waals surface area contributed by atoms with Gasteiger partial charge in [0.2, 0.25) is 23.6 Å². The summed E-state index contributed by atoms with van der Waals surface area (Å²) in [6.45, 7) is 4.97. The van der Waals surface area contributed by atoms with E-state index < -0.39 is 53.5 Å². The van der Waals surface area contributed by atoms with Crippen LogP contribution in [-0.2, 0) is 32.4 Å². The lowest BCUT2D eigenvalue weighted by molar-refractivity contribution is -0.140. The number of nitrogens with zero attached hydrogens (tertiary/aromatic N) is 2. The maximum atomic E-state index is 12.7. The number of fused-ring (bicyclic) bond motifs is 2. The van der Waals surface area contributed by atoms with Crippen LogP contribution in [-0.4, -0.2) is 81.0 Å². The van der Waals surface area contributed by atoms with E-state index in [9.17, 15) is 28.8 Å². The predicted molar refractivity (Wildman–Crippen MR) is 239 cm³/mol. The Morgan fingerprint density at radius 1 is 0.652 bits per heavy atom. The van der Waals surface area contributed by atoms with Gasteiger partial charge in [-0.15, -0.1) is 0 Å². The quantitative estimate of drug-likeness (QED) is 0.0646. The number of rotatable bonds is 12. The molecule has 6 aromatic rings. The lowest BCUT2D eigenvalue weighted by Gasteiger charge is -2.30. The largest absolute Gasteiger partial charge is 0.489 e. The van der Waals surface area contributed by atoms with E-state index >= 15 is 0 Å². The number of nitrogens with one attached hydrogen (secondary N) is 6. The first kappa shape index (κ1) is 46.0. The summed E-state index contributed by atoms with van der Waals surface area (Å²) >= 11 is 0. The molecular weight excluding hydrogens is 849 g/mol. The number of aromatic nitrogens is 2. The number of amides is 6. The van der Waals surface area contributed by atoms with E-state index in [0.29, 0.717) is 48.8 Å². The second-order valence-corrected chi connectivity index (χ2v) is 15.8. The van der Waals surface area contributed by atoms with Crippen LogP contribution in [0.3, 0.4) is 0 Å². The lowest BCUT2D eigenvalue weighted by Crippen LogP contribution is -2.58. The molecule has 8 N–H and O–H groups in total. The van der Waals surface area contributed by atoms with E-state index in [1.54, 1.807) is 59.5 Å². The molecule has 2 fully saturated rings. The van der Waals surface area contributed by atoms with Crippen molar-refractivity contribution >= 4 is 57.2 Å². The fourth-order valence-corrected chi connectivity index (χ4v) is 7.86. The number of carbonyl (C=O) groups excluding carboxylic acids is 6. The van der Waals surface area contributed by atoms with E-state index in [2.05, 4.69) is 31.2 Å². The van der Waals surface area contributed by atoms with Crippen LogP contribution >= 0.6 is 0 Å². The van der Waals surface area contributed by atoms with Gasteiger partial charge in [-0.05, 0) is 93.1 Å². The van der Waals surface area contributed by atoms with Crippen LogP contribution in [0.1, 0.15) is 56.1 Å². The second kappa shape index (κ2) is 21.1. The Morgan fingerprint density at radius 2 is 1.14 bits per heavy atom. The van der Waals surface area contributed by atoms with Crippen LogP contribution in [0.5, 0.6) is 11.5 Å². The SMILES string of the molecule is Cc1cc(COc2ccc(C(=O)N[C@@H]3C(=O)NCC[C@@H]3C(=O)NO)cc2)c2ccccc2n1.Cc1cc(COc2ccc(C(=O)N[C@@H]3CNC(=O)CC3C(=O)NO)cc2)c2ccccc2n1. The van der Waals surface area contributed by atoms with Crippen LogP contribution in [0, 0.1) is 25.7 Å². The minimum Gasteiger partial charge on any atom is -0.489 e. The Kier molecular flexibility index (Phi) is 14.8. The standard InChI is InChI=1S/2C24H24N4O5/c1-14-10-16(18-4-2-3-5-20(18)26-14)13-33-17-8-6-15(7-9-17)23(30)27-21-12-25-22(29)11-19(21)24(31)28-32;1-14-12-16(18-4-2-3-5-20(18)26-14)13-33-17-8-6-15(7-9-17)22(29)27-21-19(23(30)28-32)10-11-25-24(21)31/h2-10,19,21,32H,11-13H2,1H3,(H,25,29)(H,27,30)(H,28,31);2-9,12,19,21,32H,10-11,13H2,1H3,(H,25,31)(H,27,29)(H,28,30)/t19?,21-;19-,21-/m10/s1. The first-order chi connectivity index (χ1) is 31.9. The van der Waals surface area contributed by atoms with Gasteiger partial charge in [-0.25, -0.2) is 11.0 Å². The summed E-state index contributed by atoms with van der Waals surface area (Å²) in [7, 11) is 0. The molecule has 18 nitrogen and oxygen atoms in total. The molecule has 66 heavy (non-hydrogen) atoms. The molecule has 0 spiro atoms. The van der Waals surface area contributed by atoms with Crippen molar-refractivity contribution in [1.82, 2.24) is 42.2 Å².